The van der Waals surface area contributed by atoms with Crippen LogP contribution in [0.3, 0.4) is 0 Å². The number of hydrogen-bond donors (Lipinski definition) is 2. The van der Waals surface area contributed by atoms with Crippen molar-refractivity contribution in [3.05, 3.63) is 26.5 Å². The summed E-state index contributed by atoms with van der Waals surface area (Å²) in [6.07, 6.45) is 0.788. The second kappa shape index (κ2) is 9.04. The maximum absolute atomic E-state index is 12.3. The van der Waals surface area contributed by atoms with Gasteiger partial charge in [0.25, 0.3) is 0 Å². The second-order valence-corrected chi connectivity index (χ2v) is 7.67. The van der Waals surface area contributed by atoms with Gasteiger partial charge in [0.2, 0.25) is 5.91 Å². The van der Waals surface area contributed by atoms with Crippen molar-refractivity contribution in [1.29, 1.82) is 0 Å². The van der Waals surface area contributed by atoms with Gasteiger partial charge in [-0.05, 0) is 32.8 Å². The van der Waals surface area contributed by atoms with E-state index in [2.05, 4.69) is 15.5 Å². The van der Waals surface area contributed by atoms with Crippen LogP contribution in [0.2, 0.25) is 0 Å². The Morgan fingerprint density at radius 3 is 2.73 bits per heavy atom. The number of thioether (sulfide) groups is 1. The molecule has 0 bridgehead atoms. The number of aryl methyl sites for hydroxylation is 1. The summed E-state index contributed by atoms with van der Waals surface area (Å²) in [5.74, 6) is -0.645. The van der Waals surface area contributed by atoms with Crippen molar-refractivity contribution in [2.24, 2.45) is 0 Å². The Kier molecular flexibility index (Phi) is 7.04. The number of rotatable bonds is 8. The van der Waals surface area contributed by atoms with E-state index in [9.17, 15) is 14.4 Å². The molecule has 0 aliphatic rings. The minimum atomic E-state index is -0.443. The predicted molar refractivity (Wildman–Crippen MR) is 102 cm³/mol. The van der Waals surface area contributed by atoms with Crippen LogP contribution in [0.25, 0.3) is 0 Å². The van der Waals surface area contributed by atoms with Gasteiger partial charge in [0.15, 0.2) is 5.16 Å². The SMILES string of the molecule is CCCn1c(SCC(=O)Nc2sc(C)c(C)c2C(=O)OCC)n[nH]c1=O. The third-order valence-corrected chi connectivity index (χ3v) is 5.72. The molecule has 2 aromatic heterocycles. The van der Waals surface area contributed by atoms with Crippen LogP contribution in [0.15, 0.2) is 9.95 Å². The zero-order valence-electron chi connectivity index (χ0n) is 15.2. The number of amides is 1. The van der Waals surface area contributed by atoms with Gasteiger partial charge in [0.1, 0.15) is 5.00 Å². The number of carbonyl (C=O) groups is 2. The highest BCUT2D eigenvalue weighted by atomic mass is 32.2. The molecular weight excluding hydrogens is 376 g/mol. The number of anilines is 1. The molecule has 1 amide bonds. The van der Waals surface area contributed by atoms with Crippen LogP contribution in [0.1, 0.15) is 41.1 Å². The van der Waals surface area contributed by atoms with E-state index in [1.807, 2.05) is 20.8 Å². The number of esters is 1. The second-order valence-electron chi connectivity index (χ2n) is 5.51. The first-order valence-corrected chi connectivity index (χ1v) is 10.0. The number of H-pyrrole nitrogens is 1. The summed E-state index contributed by atoms with van der Waals surface area (Å²) in [6.45, 7) is 8.22. The van der Waals surface area contributed by atoms with E-state index in [0.717, 1.165) is 16.9 Å². The van der Waals surface area contributed by atoms with Gasteiger partial charge in [-0.1, -0.05) is 18.7 Å². The minimum Gasteiger partial charge on any atom is -0.462 e. The molecule has 2 heterocycles. The molecule has 0 fully saturated rings. The highest BCUT2D eigenvalue weighted by molar-refractivity contribution is 7.99. The molecule has 0 aliphatic heterocycles. The van der Waals surface area contributed by atoms with E-state index >= 15 is 0 Å². The number of aromatic nitrogens is 3. The van der Waals surface area contributed by atoms with Crippen LogP contribution in [0.5, 0.6) is 0 Å². The number of aromatic amines is 1. The van der Waals surface area contributed by atoms with Crippen molar-refractivity contribution >= 4 is 40.0 Å². The lowest BCUT2D eigenvalue weighted by molar-refractivity contribution is -0.113. The Morgan fingerprint density at radius 2 is 2.08 bits per heavy atom. The summed E-state index contributed by atoms with van der Waals surface area (Å²) in [7, 11) is 0. The molecule has 0 radical (unpaired) electrons. The standard InChI is InChI=1S/C16H22N4O4S2/c1-5-7-20-15(23)18-19-16(20)25-8-11(21)17-13-12(14(22)24-6-2)9(3)10(4)26-13/h5-8H2,1-4H3,(H,17,21)(H,18,23). The van der Waals surface area contributed by atoms with E-state index in [0.29, 0.717) is 22.3 Å². The molecule has 0 spiro atoms. The Morgan fingerprint density at radius 1 is 1.35 bits per heavy atom. The zero-order chi connectivity index (χ0) is 19.3. The van der Waals surface area contributed by atoms with Crippen molar-refractivity contribution < 1.29 is 14.3 Å². The molecule has 10 heteroatoms. The van der Waals surface area contributed by atoms with E-state index in [-0.39, 0.29) is 24.0 Å². The normalized spacial score (nSPS) is 10.8. The fourth-order valence-corrected chi connectivity index (χ4v) is 4.13. The van der Waals surface area contributed by atoms with Gasteiger partial charge in [-0.15, -0.1) is 16.4 Å². The smallest absolute Gasteiger partial charge is 0.343 e. The summed E-state index contributed by atoms with van der Waals surface area (Å²) in [5, 5.41) is 10.1. The predicted octanol–water partition coefficient (Wildman–Crippen LogP) is 2.57. The zero-order valence-corrected chi connectivity index (χ0v) is 16.8. The summed E-state index contributed by atoms with van der Waals surface area (Å²) >= 11 is 2.51. The lowest BCUT2D eigenvalue weighted by Crippen LogP contribution is -2.19. The lowest BCUT2D eigenvalue weighted by atomic mass is 10.1. The Labute approximate surface area is 159 Å². The molecule has 0 aromatic carbocycles. The summed E-state index contributed by atoms with van der Waals surface area (Å²) in [6, 6.07) is 0. The van der Waals surface area contributed by atoms with E-state index < -0.39 is 5.97 Å². The van der Waals surface area contributed by atoms with Crippen molar-refractivity contribution in [3.63, 3.8) is 0 Å². The van der Waals surface area contributed by atoms with Crippen molar-refractivity contribution in [1.82, 2.24) is 14.8 Å². The maximum atomic E-state index is 12.3. The Hall–Kier alpha value is -2.07. The number of nitrogens with zero attached hydrogens (tertiary/aromatic N) is 2. The van der Waals surface area contributed by atoms with E-state index in [1.165, 1.54) is 27.7 Å². The lowest BCUT2D eigenvalue weighted by Gasteiger charge is -2.07. The average Bonchev–Trinajstić information content (AvgIpc) is 3.07. The highest BCUT2D eigenvalue weighted by Gasteiger charge is 2.22. The molecule has 8 nitrogen and oxygen atoms in total. The molecule has 2 aromatic rings. The van der Waals surface area contributed by atoms with Gasteiger partial charge in [-0.2, -0.15) is 0 Å². The Bertz CT molecular complexity index is 853. The highest BCUT2D eigenvalue weighted by Crippen LogP contribution is 2.33. The molecule has 26 heavy (non-hydrogen) atoms. The molecule has 0 saturated heterocycles. The van der Waals surface area contributed by atoms with E-state index in [4.69, 9.17) is 4.74 Å². The number of carbonyl (C=O) groups excluding carboxylic acids is 2. The van der Waals surface area contributed by atoms with Gasteiger partial charge >= 0.3 is 11.7 Å². The summed E-state index contributed by atoms with van der Waals surface area (Å²) < 4.78 is 6.58. The van der Waals surface area contributed by atoms with Crippen LogP contribution in [0, 0.1) is 13.8 Å². The maximum Gasteiger partial charge on any atom is 0.343 e. The molecule has 0 aliphatic carbocycles. The first-order chi connectivity index (χ1) is 12.4. The monoisotopic (exact) mass is 398 g/mol. The Balaban J connectivity index is 2.08. The molecule has 0 saturated carbocycles. The van der Waals surface area contributed by atoms with Crippen LogP contribution in [-0.2, 0) is 16.1 Å². The quantitative estimate of drug-likeness (QED) is 0.523. The minimum absolute atomic E-state index is 0.0757. The van der Waals surface area contributed by atoms with Crippen molar-refractivity contribution in [2.75, 3.05) is 17.7 Å². The van der Waals surface area contributed by atoms with Crippen LogP contribution in [0.4, 0.5) is 5.00 Å². The number of nitrogens with one attached hydrogen (secondary N) is 2. The van der Waals surface area contributed by atoms with Crippen molar-refractivity contribution in [2.45, 2.75) is 45.8 Å². The average molecular weight is 399 g/mol. The first kappa shape index (κ1) is 20.2. The van der Waals surface area contributed by atoms with Crippen molar-refractivity contribution in [3.8, 4) is 0 Å². The molecular formula is C16H22N4O4S2. The summed E-state index contributed by atoms with van der Waals surface area (Å²) in [5.41, 5.74) is 0.916. The van der Waals surface area contributed by atoms with Crippen LogP contribution >= 0.6 is 23.1 Å². The fraction of sp³-hybridized carbons (Fsp3) is 0.500. The van der Waals surface area contributed by atoms with Gasteiger partial charge in [-0.25, -0.2) is 14.7 Å². The molecule has 2 rings (SSSR count). The number of ether oxygens (including phenoxy) is 1. The van der Waals surface area contributed by atoms with Gasteiger partial charge in [0.05, 0.1) is 17.9 Å². The number of hydrogen-bond acceptors (Lipinski definition) is 7. The molecule has 0 unspecified atom stereocenters. The third kappa shape index (κ3) is 4.55. The molecule has 2 N–H and O–H groups in total. The number of thiophene rings is 1. The van der Waals surface area contributed by atoms with Gasteiger partial charge in [-0.3, -0.25) is 9.36 Å². The fourth-order valence-electron chi connectivity index (χ4n) is 2.29. The van der Waals surface area contributed by atoms with E-state index in [1.54, 1.807) is 6.92 Å². The van der Waals surface area contributed by atoms with Crippen LogP contribution in [-0.4, -0.2) is 39.0 Å². The van der Waals surface area contributed by atoms with Crippen LogP contribution < -0.4 is 11.0 Å². The topological polar surface area (TPSA) is 106 Å². The first-order valence-electron chi connectivity index (χ1n) is 8.23. The summed E-state index contributed by atoms with van der Waals surface area (Å²) in [4.78, 5) is 37.1. The molecule has 0 atom stereocenters. The largest absolute Gasteiger partial charge is 0.462 e. The molecule has 142 valence electrons. The third-order valence-electron chi connectivity index (χ3n) is 3.62. The van der Waals surface area contributed by atoms with Gasteiger partial charge < -0.3 is 10.1 Å². The van der Waals surface area contributed by atoms with Gasteiger partial charge in [0, 0.05) is 11.4 Å².